The Balaban J connectivity index is 3.11. The summed E-state index contributed by atoms with van der Waals surface area (Å²) in [5, 5.41) is 3.35. The molecule has 0 aliphatic carbocycles. The summed E-state index contributed by atoms with van der Waals surface area (Å²) >= 11 is 0. The Morgan fingerprint density at radius 1 is 1.20 bits per heavy atom. The number of anilines is 1. The fourth-order valence-electron chi connectivity index (χ4n) is 2.69. The van der Waals surface area contributed by atoms with Crippen LogP contribution >= 0.6 is 0 Å². The molecule has 1 N–H and O–H groups in total. The first-order valence-electron chi connectivity index (χ1n) is 7.71. The van der Waals surface area contributed by atoms with Crippen molar-refractivity contribution in [2.24, 2.45) is 0 Å². The van der Waals surface area contributed by atoms with Gasteiger partial charge in [-0.3, -0.25) is 0 Å². The summed E-state index contributed by atoms with van der Waals surface area (Å²) in [5.74, 6) is 0. The van der Waals surface area contributed by atoms with Crippen molar-refractivity contribution in [3.8, 4) is 0 Å². The molecule has 1 unspecified atom stereocenters. The zero-order valence-corrected chi connectivity index (χ0v) is 13.6. The molecule has 0 saturated carbocycles. The number of para-hydroxylation sites is 1. The minimum atomic E-state index is 0.352. The van der Waals surface area contributed by atoms with Crippen LogP contribution in [-0.2, 0) is 4.74 Å². The number of hydrogen-bond acceptors (Lipinski definition) is 3. The van der Waals surface area contributed by atoms with Crippen LogP contribution in [-0.4, -0.2) is 33.4 Å². The molecule has 0 aliphatic rings. The summed E-state index contributed by atoms with van der Waals surface area (Å²) in [6.45, 7) is 8.44. The minimum absolute atomic E-state index is 0.352. The van der Waals surface area contributed by atoms with Crippen LogP contribution in [0.15, 0.2) is 24.3 Å². The van der Waals surface area contributed by atoms with E-state index in [1.54, 1.807) is 7.11 Å². The summed E-state index contributed by atoms with van der Waals surface area (Å²) in [6, 6.07) is 9.62. The standard InChI is InChI=1S/C17H30N2O/c1-6-15(7-2)19(12-13-20-5)17-11-9-8-10-16(17)14(3)18-4/h8-11,14-15,18H,6-7,12-13H2,1-5H3. The van der Waals surface area contributed by atoms with Crippen molar-refractivity contribution in [1.82, 2.24) is 5.32 Å². The second kappa shape index (κ2) is 8.98. The monoisotopic (exact) mass is 278 g/mol. The molecule has 3 nitrogen and oxygen atoms in total. The lowest BCUT2D eigenvalue weighted by atomic mass is 10.0. The van der Waals surface area contributed by atoms with Gasteiger partial charge in [0.05, 0.1) is 6.61 Å². The zero-order valence-electron chi connectivity index (χ0n) is 13.6. The zero-order chi connectivity index (χ0) is 15.0. The highest BCUT2D eigenvalue weighted by molar-refractivity contribution is 5.55. The summed E-state index contributed by atoms with van der Waals surface area (Å²) in [6.07, 6.45) is 2.31. The van der Waals surface area contributed by atoms with Crippen molar-refractivity contribution in [2.75, 3.05) is 32.2 Å². The van der Waals surface area contributed by atoms with Gasteiger partial charge in [-0.2, -0.15) is 0 Å². The average molecular weight is 278 g/mol. The molecule has 0 heterocycles. The van der Waals surface area contributed by atoms with Gasteiger partial charge in [-0.25, -0.2) is 0 Å². The van der Waals surface area contributed by atoms with Crippen LogP contribution in [0.5, 0.6) is 0 Å². The number of methoxy groups -OCH3 is 1. The lowest BCUT2D eigenvalue weighted by Gasteiger charge is -2.35. The Morgan fingerprint density at radius 2 is 1.85 bits per heavy atom. The lowest BCUT2D eigenvalue weighted by Crippen LogP contribution is -2.38. The Hall–Kier alpha value is -1.06. The maximum absolute atomic E-state index is 5.30. The van der Waals surface area contributed by atoms with E-state index in [1.165, 1.54) is 11.3 Å². The van der Waals surface area contributed by atoms with Gasteiger partial charge < -0.3 is 15.0 Å². The topological polar surface area (TPSA) is 24.5 Å². The predicted octanol–water partition coefficient (Wildman–Crippen LogP) is 3.61. The maximum Gasteiger partial charge on any atom is 0.0637 e. The highest BCUT2D eigenvalue weighted by Crippen LogP contribution is 2.29. The Kier molecular flexibility index (Phi) is 7.63. The van der Waals surface area contributed by atoms with Crippen LogP contribution < -0.4 is 10.2 Å². The van der Waals surface area contributed by atoms with Crippen LogP contribution in [0, 0.1) is 0 Å². The Labute approximate surface area is 124 Å². The molecule has 0 aromatic heterocycles. The molecule has 3 heteroatoms. The molecule has 114 valence electrons. The van der Waals surface area contributed by atoms with Crippen molar-refractivity contribution < 1.29 is 4.74 Å². The van der Waals surface area contributed by atoms with Crippen LogP contribution in [0.4, 0.5) is 5.69 Å². The molecule has 0 radical (unpaired) electrons. The van der Waals surface area contributed by atoms with E-state index in [2.05, 4.69) is 55.3 Å². The van der Waals surface area contributed by atoms with E-state index in [0.717, 1.165) is 26.0 Å². The smallest absolute Gasteiger partial charge is 0.0637 e. The molecule has 1 rings (SSSR count). The number of rotatable bonds is 9. The van der Waals surface area contributed by atoms with Gasteiger partial charge in [0.25, 0.3) is 0 Å². The Morgan fingerprint density at radius 3 is 2.40 bits per heavy atom. The summed E-state index contributed by atoms with van der Waals surface area (Å²) in [5.41, 5.74) is 2.69. The minimum Gasteiger partial charge on any atom is -0.383 e. The van der Waals surface area contributed by atoms with Gasteiger partial charge in [0.15, 0.2) is 0 Å². The van der Waals surface area contributed by atoms with Gasteiger partial charge in [-0.15, -0.1) is 0 Å². The molecule has 0 fully saturated rings. The van der Waals surface area contributed by atoms with Crippen LogP contribution in [0.3, 0.4) is 0 Å². The van der Waals surface area contributed by atoms with Gasteiger partial charge in [-0.05, 0) is 38.4 Å². The van der Waals surface area contributed by atoms with Crippen molar-refractivity contribution in [3.05, 3.63) is 29.8 Å². The molecule has 0 aliphatic heterocycles. The van der Waals surface area contributed by atoms with Gasteiger partial charge in [0.1, 0.15) is 0 Å². The second-order valence-corrected chi connectivity index (χ2v) is 5.23. The third-order valence-corrected chi connectivity index (χ3v) is 4.07. The predicted molar refractivity (Wildman–Crippen MR) is 87.5 cm³/mol. The molecule has 0 spiro atoms. The molecule has 20 heavy (non-hydrogen) atoms. The molecular weight excluding hydrogens is 248 g/mol. The van der Waals surface area contributed by atoms with E-state index in [-0.39, 0.29) is 0 Å². The molecule has 1 atom stereocenters. The number of hydrogen-bond donors (Lipinski definition) is 1. The quantitative estimate of drug-likeness (QED) is 0.747. The van der Waals surface area contributed by atoms with E-state index in [1.807, 2.05) is 7.05 Å². The van der Waals surface area contributed by atoms with Crippen LogP contribution in [0.25, 0.3) is 0 Å². The molecule has 0 saturated heterocycles. The number of nitrogens with one attached hydrogen (secondary N) is 1. The summed E-state index contributed by atoms with van der Waals surface area (Å²) < 4.78 is 5.30. The van der Waals surface area contributed by atoms with Crippen molar-refractivity contribution in [2.45, 2.75) is 45.7 Å². The number of benzene rings is 1. The SMILES string of the molecule is CCC(CC)N(CCOC)c1ccccc1C(C)NC. The van der Waals surface area contributed by atoms with Crippen molar-refractivity contribution in [3.63, 3.8) is 0 Å². The molecule has 0 bridgehead atoms. The molecular formula is C17H30N2O. The summed E-state index contributed by atoms with van der Waals surface area (Å²) in [4.78, 5) is 2.51. The van der Waals surface area contributed by atoms with Gasteiger partial charge in [0.2, 0.25) is 0 Å². The highest BCUT2D eigenvalue weighted by atomic mass is 16.5. The largest absolute Gasteiger partial charge is 0.383 e. The molecule has 1 aromatic carbocycles. The van der Waals surface area contributed by atoms with Crippen molar-refractivity contribution >= 4 is 5.69 Å². The van der Waals surface area contributed by atoms with Crippen LogP contribution in [0.2, 0.25) is 0 Å². The summed E-state index contributed by atoms with van der Waals surface area (Å²) in [7, 11) is 3.78. The highest BCUT2D eigenvalue weighted by Gasteiger charge is 2.19. The van der Waals surface area contributed by atoms with Crippen molar-refractivity contribution in [1.29, 1.82) is 0 Å². The van der Waals surface area contributed by atoms with E-state index in [9.17, 15) is 0 Å². The average Bonchev–Trinajstić information content (AvgIpc) is 2.50. The van der Waals surface area contributed by atoms with Gasteiger partial charge >= 0.3 is 0 Å². The lowest BCUT2D eigenvalue weighted by molar-refractivity contribution is 0.202. The first kappa shape index (κ1) is 17.0. The fraction of sp³-hybridized carbons (Fsp3) is 0.647. The normalized spacial score (nSPS) is 12.7. The van der Waals surface area contributed by atoms with E-state index in [4.69, 9.17) is 4.74 Å². The molecule has 0 amide bonds. The third-order valence-electron chi connectivity index (χ3n) is 4.07. The number of nitrogens with zero attached hydrogens (tertiary/aromatic N) is 1. The van der Waals surface area contributed by atoms with Gasteiger partial charge in [-0.1, -0.05) is 32.0 Å². The first-order chi connectivity index (χ1) is 9.69. The fourth-order valence-corrected chi connectivity index (χ4v) is 2.69. The van der Waals surface area contributed by atoms with E-state index < -0.39 is 0 Å². The maximum atomic E-state index is 5.30. The van der Waals surface area contributed by atoms with E-state index in [0.29, 0.717) is 12.1 Å². The Bertz CT molecular complexity index is 377. The van der Waals surface area contributed by atoms with Gasteiger partial charge in [0, 0.05) is 31.4 Å². The second-order valence-electron chi connectivity index (χ2n) is 5.23. The third kappa shape index (κ3) is 4.22. The molecule has 1 aromatic rings. The first-order valence-corrected chi connectivity index (χ1v) is 7.71. The number of ether oxygens (including phenoxy) is 1. The van der Waals surface area contributed by atoms with E-state index >= 15 is 0 Å². The van der Waals surface area contributed by atoms with Crippen LogP contribution in [0.1, 0.15) is 45.2 Å².